The van der Waals surface area contributed by atoms with Crippen molar-refractivity contribution in [1.29, 1.82) is 0 Å². The summed E-state index contributed by atoms with van der Waals surface area (Å²) in [4.78, 5) is 8.36. The molecule has 1 fully saturated rings. The van der Waals surface area contributed by atoms with Crippen molar-refractivity contribution in [2.75, 3.05) is 0 Å². The lowest BCUT2D eigenvalue weighted by molar-refractivity contribution is 0.548. The number of aromatic nitrogens is 3. The Labute approximate surface area is 98.8 Å². The largest absolute Gasteiger partial charge is 0.326 e. The van der Waals surface area contributed by atoms with Crippen LogP contribution in [0.1, 0.15) is 25.3 Å². The Balaban J connectivity index is 2.39. The normalized spacial score (nSPS) is 17.6. The molecule has 0 N–H and O–H groups in total. The molecule has 0 amide bonds. The summed E-state index contributed by atoms with van der Waals surface area (Å²) in [7, 11) is 0. The van der Waals surface area contributed by atoms with Gasteiger partial charge in [0.25, 0.3) is 0 Å². The quantitative estimate of drug-likeness (QED) is 0.746. The van der Waals surface area contributed by atoms with E-state index in [-0.39, 0.29) is 5.54 Å². The molecular weight excluding hydrogens is 222 g/mol. The predicted octanol–water partition coefficient (Wildman–Crippen LogP) is 3.24. The number of hydrogen-bond donors (Lipinski definition) is 0. The molecule has 82 valence electrons. The Bertz CT molecular complexity index is 581. The van der Waals surface area contributed by atoms with Gasteiger partial charge in [0.15, 0.2) is 0 Å². The van der Waals surface area contributed by atoms with Crippen molar-refractivity contribution in [2.24, 2.45) is 0 Å². The number of fused-ring (bicyclic) bond motifs is 1. The lowest BCUT2D eigenvalue weighted by Gasteiger charge is -2.11. The van der Waals surface area contributed by atoms with Crippen LogP contribution in [0, 0.1) is 0 Å². The van der Waals surface area contributed by atoms with E-state index in [1.807, 2.05) is 0 Å². The molecule has 4 heteroatoms. The summed E-state index contributed by atoms with van der Waals surface area (Å²) in [6.45, 7) is 6.04. The number of nitrogens with zero attached hydrogens (tertiary/aromatic N) is 3. The highest BCUT2D eigenvalue weighted by Crippen LogP contribution is 2.45. The van der Waals surface area contributed by atoms with E-state index in [2.05, 4.69) is 34.2 Å². The Kier molecular flexibility index (Phi) is 1.89. The maximum atomic E-state index is 6.11. The van der Waals surface area contributed by atoms with E-state index in [4.69, 9.17) is 11.6 Å². The third-order valence-corrected chi connectivity index (χ3v) is 3.63. The van der Waals surface area contributed by atoms with Crippen molar-refractivity contribution >= 4 is 28.7 Å². The molecule has 1 saturated carbocycles. The highest BCUT2D eigenvalue weighted by molar-refractivity contribution is 6.34. The molecule has 3 rings (SSSR count). The van der Waals surface area contributed by atoms with E-state index in [1.165, 1.54) is 19.2 Å². The van der Waals surface area contributed by atoms with E-state index in [1.54, 1.807) is 6.08 Å². The molecule has 2 aromatic heterocycles. The van der Waals surface area contributed by atoms with Crippen molar-refractivity contribution in [3.63, 3.8) is 0 Å². The monoisotopic (exact) mass is 233 g/mol. The zero-order chi connectivity index (χ0) is 11.3. The van der Waals surface area contributed by atoms with Crippen molar-refractivity contribution in [2.45, 2.75) is 25.3 Å². The number of rotatable bonds is 2. The molecule has 16 heavy (non-hydrogen) atoms. The highest BCUT2D eigenvalue weighted by Gasteiger charge is 2.40. The fraction of sp³-hybridized carbons (Fsp3) is 0.333. The summed E-state index contributed by atoms with van der Waals surface area (Å²) in [6, 6.07) is 0. The van der Waals surface area contributed by atoms with Crippen LogP contribution in [0.15, 0.2) is 19.1 Å². The second-order valence-corrected chi connectivity index (χ2v) is 4.88. The average molecular weight is 234 g/mol. The molecular formula is C12H12ClN3. The molecule has 0 aromatic carbocycles. The Morgan fingerprint density at radius 2 is 2.25 bits per heavy atom. The molecule has 0 aliphatic heterocycles. The van der Waals surface area contributed by atoms with Crippen molar-refractivity contribution < 1.29 is 0 Å². The first kappa shape index (κ1) is 9.85. The van der Waals surface area contributed by atoms with Crippen LogP contribution < -0.4 is 0 Å². The number of halogens is 1. The first-order chi connectivity index (χ1) is 7.65. The molecule has 1 aliphatic carbocycles. The van der Waals surface area contributed by atoms with Crippen molar-refractivity contribution in [1.82, 2.24) is 14.5 Å². The Hall–Kier alpha value is -1.35. The third kappa shape index (κ3) is 1.21. The van der Waals surface area contributed by atoms with Gasteiger partial charge in [-0.25, -0.2) is 9.97 Å². The summed E-state index contributed by atoms with van der Waals surface area (Å²) in [5.74, 6) is 0. The Morgan fingerprint density at radius 1 is 1.50 bits per heavy atom. The van der Waals surface area contributed by atoms with Crippen LogP contribution in [0.5, 0.6) is 0 Å². The highest BCUT2D eigenvalue weighted by atomic mass is 35.5. The van der Waals surface area contributed by atoms with E-state index in [0.717, 1.165) is 16.6 Å². The van der Waals surface area contributed by atoms with Crippen LogP contribution >= 0.6 is 11.6 Å². The van der Waals surface area contributed by atoms with Gasteiger partial charge >= 0.3 is 0 Å². The van der Waals surface area contributed by atoms with Crippen LogP contribution in [0.4, 0.5) is 0 Å². The zero-order valence-corrected chi connectivity index (χ0v) is 9.83. The maximum absolute atomic E-state index is 6.11. The molecule has 1 aliphatic rings. The Morgan fingerprint density at radius 3 is 2.88 bits per heavy atom. The van der Waals surface area contributed by atoms with Gasteiger partial charge in [0, 0.05) is 17.3 Å². The second-order valence-electron chi connectivity index (χ2n) is 4.52. The van der Waals surface area contributed by atoms with Gasteiger partial charge in [-0.05, 0) is 19.8 Å². The third-order valence-electron chi connectivity index (χ3n) is 3.34. The van der Waals surface area contributed by atoms with Gasteiger partial charge in [-0.1, -0.05) is 24.3 Å². The van der Waals surface area contributed by atoms with Gasteiger partial charge in [0.05, 0.1) is 5.39 Å². The smallest absolute Gasteiger partial charge is 0.145 e. The van der Waals surface area contributed by atoms with Crippen LogP contribution in [0.2, 0.25) is 5.15 Å². The van der Waals surface area contributed by atoms with Crippen LogP contribution in [0.3, 0.4) is 0 Å². The molecule has 0 atom stereocenters. The fourth-order valence-electron chi connectivity index (χ4n) is 2.04. The lowest BCUT2D eigenvalue weighted by atomic mass is 10.2. The summed E-state index contributed by atoms with van der Waals surface area (Å²) in [6.07, 6.45) is 7.77. The van der Waals surface area contributed by atoms with Crippen LogP contribution in [-0.2, 0) is 5.54 Å². The summed E-state index contributed by atoms with van der Waals surface area (Å²) in [5.41, 5.74) is 2.13. The first-order valence-electron chi connectivity index (χ1n) is 5.30. The summed E-state index contributed by atoms with van der Waals surface area (Å²) in [5, 5.41) is 1.41. The molecule has 0 spiro atoms. The molecule has 2 aromatic rings. The lowest BCUT2D eigenvalue weighted by Crippen LogP contribution is -2.11. The molecule has 2 heterocycles. The molecule has 0 radical (unpaired) electrons. The first-order valence-corrected chi connectivity index (χ1v) is 5.68. The van der Waals surface area contributed by atoms with Crippen LogP contribution in [0.25, 0.3) is 17.1 Å². The second kappa shape index (κ2) is 3.08. The summed E-state index contributed by atoms with van der Waals surface area (Å²) >= 11 is 6.11. The minimum Gasteiger partial charge on any atom is -0.326 e. The van der Waals surface area contributed by atoms with E-state index >= 15 is 0 Å². The fourth-order valence-corrected chi connectivity index (χ4v) is 2.28. The van der Waals surface area contributed by atoms with E-state index in [9.17, 15) is 0 Å². The van der Waals surface area contributed by atoms with E-state index in [0.29, 0.717) is 5.15 Å². The molecule has 0 unspecified atom stereocenters. The maximum Gasteiger partial charge on any atom is 0.145 e. The van der Waals surface area contributed by atoms with Gasteiger partial charge in [-0.2, -0.15) is 0 Å². The molecule has 3 nitrogen and oxygen atoms in total. The standard InChI is InChI=1S/C12H12ClN3/c1-3-8-6-16(12(2)4-5-12)11-9(8)10(13)14-7-15-11/h3,6-7H,1,4-5H2,2H3. The minimum atomic E-state index is 0.206. The molecule has 0 saturated heterocycles. The van der Waals surface area contributed by atoms with Gasteiger partial charge in [-0.15, -0.1) is 0 Å². The predicted molar refractivity (Wildman–Crippen MR) is 65.5 cm³/mol. The van der Waals surface area contributed by atoms with Gasteiger partial charge in [0.1, 0.15) is 17.1 Å². The summed E-state index contributed by atoms with van der Waals surface area (Å²) < 4.78 is 2.20. The number of hydrogen-bond acceptors (Lipinski definition) is 2. The van der Waals surface area contributed by atoms with Gasteiger partial charge < -0.3 is 4.57 Å². The van der Waals surface area contributed by atoms with Crippen molar-refractivity contribution in [3.8, 4) is 0 Å². The molecule has 0 bridgehead atoms. The van der Waals surface area contributed by atoms with E-state index < -0.39 is 0 Å². The van der Waals surface area contributed by atoms with Crippen molar-refractivity contribution in [3.05, 3.63) is 29.8 Å². The zero-order valence-electron chi connectivity index (χ0n) is 9.07. The SMILES string of the molecule is C=Cc1cn(C2(C)CC2)c2ncnc(Cl)c12. The average Bonchev–Trinajstić information content (AvgIpc) is 2.90. The van der Waals surface area contributed by atoms with Crippen LogP contribution in [-0.4, -0.2) is 14.5 Å². The van der Waals surface area contributed by atoms with Gasteiger partial charge in [0.2, 0.25) is 0 Å². The van der Waals surface area contributed by atoms with Gasteiger partial charge in [-0.3, -0.25) is 0 Å². The minimum absolute atomic E-state index is 0.206. The topological polar surface area (TPSA) is 30.7 Å².